The summed E-state index contributed by atoms with van der Waals surface area (Å²) in [6, 6.07) is 10.0. The molecule has 0 amide bonds. The summed E-state index contributed by atoms with van der Waals surface area (Å²) in [5.41, 5.74) is 1.16. The van der Waals surface area contributed by atoms with Crippen LogP contribution in [0.3, 0.4) is 0 Å². The van der Waals surface area contributed by atoms with Gasteiger partial charge in [-0.25, -0.2) is 0 Å². The lowest BCUT2D eigenvalue weighted by Crippen LogP contribution is -1.76. The third-order valence-corrected chi connectivity index (χ3v) is 1.91. The van der Waals surface area contributed by atoms with Crippen molar-refractivity contribution in [2.75, 3.05) is 0 Å². The highest BCUT2D eigenvalue weighted by Gasteiger charge is 1.86. The minimum Gasteiger partial charge on any atom is -0.167 e. The number of benzene rings is 1. The highest BCUT2D eigenvalue weighted by molar-refractivity contribution is 9.27. The van der Waals surface area contributed by atoms with Gasteiger partial charge < -0.3 is 0 Å². The van der Waals surface area contributed by atoms with E-state index in [1.165, 1.54) is 0 Å². The third kappa shape index (κ3) is 2.03. The van der Waals surface area contributed by atoms with Gasteiger partial charge in [-0.3, -0.25) is 0 Å². The topological polar surface area (TPSA) is 0 Å². The lowest BCUT2D eigenvalue weighted by atomic mass is 10.2. The van der Waals surface area contributed by atoms with Gasteiger partial charge in [-0.05, 0) is 3.74 Å². The van der Waals surface area contributed by atoms with Crippen molar-refractivity contribution in [3.05, 3.63) is 39.6 Å². The molecule has 0 radical (unpaired) electrons. The van der Waals surface area contributed by atoms with Crippen molar-refractivity contribution in [1.82, 2.24) is 0 Å². The maximum Gasteiger partial charge on any atom is -0.0418 e. The Balaban J connectivity index is 2.85. The number of halogens is 2. The number of rotatable bonds is 1. The SMILES string of the molecule is Br[C-](Br)c1ccccc1. The van der Waals surface area contributed by atoms with E-state index in [-0.39, 0.29) is 0 Å². The van der Waals surface area contributed by atoms with Crippen LogP contribution in [0.4, 0.5) is 0 Å². The Morgan fingerprint density at radius 1 is 1.00 bits per heavy atom. The van der Waals surface area contributed by atoms with Gasteiger partial charge in [-0.15, -0.1) is 44.0 Å². The first kappa shape index (κ1) is 7.16. The monoisotopic (exact) mass is 247 g/mol. The molecule has 0 aromatic heterocycles. The second-order valence-corrected chi connectivity index (χ2v) is 4.28. The second-order valence-electron chi connectivity index (χ2n) is 1.63. The predicted molar refractivity (Wildman–Crippen MR) is 46.6 cm³/mol. The molecule has 0 fully saturated rings. The van der Waals surface area contributed by atoms with Gasteiger partial charge in [0.1, 0.15) is 0 Å². The van der Waals surface area contributed by atoms with Gasteiger partial charge in [-0.1, -0.05) is 6.07 Å². The zero-order chi connectivity index (χ0) is 6.69. The minimum absolute atomic E-state index is 0.996. The van der Waals surface area contributed by atoms with Gasteiger partial charge in [0, 0.05) is 0 Å². The summed E-state index contributed by atoms with van der Waals surface area (Å²) in [5, 5.41) is 0. The molecular weight excluding hydrogens is 244 g/mol. The fourth-order valence-electron chi connectivity index (χ4n) is 0.564. The van der Waals surface area contributed by atoms with Crippen LogP contribution in [0.5, 0.6) is 0 Å². The molecule has 0 unspecified atom stereocenters. The van der Waals surface area contributed by atoms with E-state index in [0.29, 0.717) is 0 Å². The van der Waals surface area contributed by atoms with Crippen LogP contribution in [0.25, 0.3) is 0 Å². The van der Waals surface area contributed by atoms with E-state index < -0.39 is 0 Å². The van der Waals surface area contributed by atoms with Gasteiger partial charge in [-0.2, -0.15) is 17.7 Å². The molecule has 0 saturated heterocycles. The minimum atomic E-state index is 0.996. The van der Waals surface area contributed by atoms with Crippen LogP contribution in [-0.4, -0.2) is 0 Å². The van der Waals surface area contributed by atoms with E-state index in [9.17, 15) is 0 Å². The molecule has 0 bridgehead atoms. The van der Waals surface area contributed by atoms with Crippen molar-refractivity contribution in [2.24, 2.45) is 0 Å². The van der Waals surface area contributed by atoms with Crippen LogP contribution in [0, 0.1) is 3.74 Å². The smallest absolute Gasteiger partial charge is 0.0418 e. The fourth-order valence-corrected chi connectivity index (χ4v) is 1.09. The average molecular weight is 249 g/mol. The first-order chi connectivity index (χ1) is 4.30. The molecule has 0 nitrogen and oxygen atoms in total. The van der Waals surface area contributed by atoms with Crippen molar-refractivity contribution in [3.8, 4) is 0 Å². The standard InChI is InChI=1S/C7H5Br2/c8-7(9)6-4-2-1-3-5-6/h1-5H/q-1. The summed E-state index contributed by atoms with van der Waals surface area (Å²) in [6.45, 7) is 0. The molecule has 2 heteroatoms. The zero-order valence-electron chi connectivity index (χ0n) is 4.64. The first-order valence-electron chi connectivity index (χ1n) is 2.54. The Kier molecular flexibility index (Phi) is 2.61. The van der Waals surface area contributed by atoms with E-state index in [1.807, 2.05) is 30.3 Å². The average Bonchev–Trinajstić information content (AvgIpc) is 1.90. The Hall–Kier alpha value is 0.0500. The van der Waals surface area contributed by atoms with Crippen molar-refractivity contribution in [3.63, 3.8) is 0 Å². The first-order valence-corrected chi connectivity index (χ1v) is 4.12. The van der Waals surface area contributed by atoms with Crippen LogP contribution >= 0.6 is 31.9 Å². The molecule has 0 aliphatic heterocycles. The summed E-state index contributed by atoms with van der Waals surface area (Å²) >= 11 is 6.63. The van der Waals surface area contributed by atoms with Gasteiger partial charge in [0.05, 0.1) is 0 Å². The van der Waals surface area contributed by atoms with Crippen LogP contribution in [-0.2, 0) is 0 Å². The van der Waals surface area contributed by atoms with E-state index in [1.54, 1.807) is 0 Å². The Bertz CT molecular complexity index is 170. The van der Waals surface area contributed by atoms with Crippen molar-refractivity contribution in [2.45, 2.75) is 0 Å². The largest absolute Gasteiger partial charge is 0.167 e. The Morgan fingerprint density at radius 2 is 1.56 bits per heavy atom. The maximum atomic E-state index is 3.32. The Labute approximate surface area is 71.5 Å². The Morgan fingerprint density at radius 3 is 1.89 bits per heavy atom. The lowest BCUT2D eigenvalue weighted by molar-refractivity contribution is 1.58. The van der Waals surface area contributed by atoms with E-state index >= 15 is 0 Å². The third-order valence-electron chi connectivity index (χ3n) is 0.992. The molecule has 0 heterocycles. The summed E-state index contributed by atoms with van der Waals surface area (Å²) in [6.07, 6.45) is 0. The van der Waals surface area contributed by atoms with Gasteiger partial charge >= 0.3 is 0 Å². The summed E-state index contributed by atoms with van der Waals surface area (Å²) in [7, 11) is 0. The molecule has 9 heavy (non-hydrogen) atoms. The lowest BCUT2D eigenvalue weighted by Gasteiger charge is -2.09. The molecule has 0 aliphatic rings. The van der Waals surface area contributed by atoms with Gasteiger partial charge in [0.25, 0.3) is 0 Å². The predicted octanol–water partition coefficient (Wildman–Crippen LogP) is 3.31. The van der Waals surface area contributed by atoms with Gasteiger partial charge in [0.2, 0.25) is 0 Å². The molecular formula is C7H5Br2-. The molecule has 0 atom stereocenters. The van der Waals surface area contributed by atoms with Crippen molar-refractivity contribution < 1.29 is 0 Å². The summed E-state index contributed by atoms with van der Waals surface area (Å²) < 4.78 is 0.996. The fraction of sp³-hybridized carbons (Fsp3) is 0. The molecule has 1 rings (SSSR count). The van der Waals surface area contributed by atoms with Crippen molar-refractivity contribution >= 4 is 31.9 Å². The van der Waals surface area contributed by atoms with Gasteiger partial charge in [0.15, 0.2) is 0 Å². The number of hydrogen-bond donors (Lipinski definition) is 0. The van der Waals surface area contributed by atoms with E-state index in [0.717, 1.165) is 9.30 Å². The number of hydrogen-bond acceptors (Lipinski definition) is 0. The van der Waals surface area contributed by atoms with E-state index in [4.69, 9.17) is 0 Å². The van der Waals surface area contributed by atoms with Crippen molar-refractivity contribution in [1.29, 1.82) is 0 Å². The highest BCUT2D eigenvalue weighted by Crippen LogP contribution is 2.26. The summed E-state index contributed by atoms with van der Waals surface area (Å²) in [4.78, 5) is 0. The second kappa shape index (κ2) is 3.28. The van der Waals surface area contributed by atoms with Crippen LogP contribution in [0.15, 0.2) is 30.3 Å². The molecule has 0 aliphatic carbocycles. The normalized spacial score (nSPS) is 9.11. The quantitative estimate of drug-likeness (QED) is 0.669. The molecule has 1 aromatic rings. The van der Waals surface area contributed by atoms with Crippen LogP contribution in [0.1, 0.15) is 5.56 Å². The highest BCUT2D eigenvalue weighted by atomic mass is 79.9. The maximum absolute atomic E-state index is 3.32. The van der Waals surface area contributed by atoms with Crippen LogP contribution in [0.2, 0.25) is 0 Å². The molecule has 1 aromatic carbocycles. The molecule has 0 saturated carbocycles. The molecule has 0 N–H and O–H groups in total. The summed E-state index contributed by atoms with van der Waals surface area (Å²) in [5.74, 6) is 0. The van der Waals surface area contributed by atoms with Crippen LogP contribution < -0.4 is 0 Å². The molecule has 48 valence electrons. The molecule has 0 spiro atoms. The zero-order valence-corrected chi connectivity index (χ0v) is 7.81. The van der Waals surface area contributed by atoms with E-state index in [2.05, 4.69) is 31.9 Å².